The number of aliphatic carboxylic acids is 1. The van der Waals surface area contributed by atoms with E-state index < -0.39 is 15.8 Å². The van der Waals surface area contributed by atoms with Gasteiger partial charge in [0.25, 0.3) is 0 Å². The van der Waals surface area contributed by atoms with Gasteiger partial charge in [-0.15, -0.1) is 0 Å². The first-order chi connectivity index (χ1) is 7.50. The van der Waals surface area contributed by atoms with Crippen molar-refractivity contribution in [2.75, 3.05) is 0 Å². The van der Waals surface area contributed by atoms with E-state index in [2.05, 4.69) is 4.98 Å². The quantitative estimate of drug-likeness (QED) is 0.836. The highest BCUT2D eigenvalue weighted by Gasteiger charge is 2.36. The standard InChI is InChI=1S/C10H11NO4S/c12-10(13)6-7-5-9(3-4-11-7)16(14,15)8-1-2-8/h3-5,8H,1-2,6H2,(H,12,13). The number of aromatic nitrogens is 1. The van der Waals surface area contributed by atoms with Crippen molar-refractivity contribution in [1.82, 2.24) is 4.98 Å². The average Bonchev–Trinajstić information content (AvgIpc) is 3.00. The third-order valence-corrected chi connectivity index (χ3v) is 4.67. The predicted octanol–water partition coefficient (Wildman–Crippen LogP) is 0.645. The normalized spacial score (nSPS) is 16.0. The van der Waals surface area contributed by atoms with Crippen LogP contribution in [0.25, 0.3) is 0 Å². The van der Waals surface area contributed by atoms with Crippen LogP contribution in [-0.4, -0.2) is 29.7 Å². The summed E-state index contributed by atoms with van der Waals surface area (Å²) >= 11 is 0. The van der Waals surface area contributed by atoms with Crippen LogP contribution in [0.5, 0.6) is 0 Å². The van der Waals surface area contributed by atoms with Crippen LogP contribution in [0, 0.1) is 0 Å². The van der Waals surface area contributed by atoms with Gasteiger partial charge in [0.05, 0.1) is 22.3 Å². The molecule has 0 bridgehead atoms. The van der Waals surface area contributed by atoms with Crippen LogP contribution in [0.15, 0.2) is 23.2 Å². The topological polar surface area (TPSA) is 84.3 Å². The van der Waals surface area contributed by atoms with E-state index in [0.29, 0.717) is 12.8 Å². The fourth-order valence-corrected chi connectivity index (χ4v) is 3.15. The van der Waals surface area contributed by atoms with Gasteiger partial charge in [-0.3, -0.25) is 9.78 Å². The number of hydrogen-bond donors (Lipinski definition) is 1. The molecule has 5 nitrogen and oxygen atoms in total. The Hall–Kier alpha value is -1.43. The van der Waals surface area contributed by atoms with E-state index in [1.54, 1.807) is 0 Å². The number of carbonyl (C=O) groups is 1. The highest BCUT2D eigenvalue weighted by Crippen LogP contribution is 2.33. The number of carboxylic acid groups (broad SMARTS) is 1. The van der Waals surface area contributed by atoms with Crippen molar-refractivity contribution in [2.45, 2.75) is 29.4 Å². The third kappa shape index (κ3) is 2.21. The Bertz CT molecular complexity index is 519. The molecule has 1 saturated carbocycles. The minimum Gasteiger partial charge on any atom is -0.481 e. The van der Waals surface area contributed by atoms with Crippen molar-refractivity contribution >= 4 is 15.8 Å². The van der Waals surface area contributed by atoms with E-state index in [4.69, 9.17) is 5.11 Å². The summed E-state index contributed by atoms with van der Waals surface area (Å²) < 4.78 is 23.7. The highest BCUT2D eigenvalue weighted by molar-refractivity contribution is 7.92. The van der Waals surface area contributed by atoms with Crippen LogP contribution < -0.4 is 0 Å². The Morgan fingerprint density at radius 1 is 1.50 bits per heavy atom. The Kier molecular flexibility index (Phi) is 2.67. The second kappa shape index (κ2) is 3.86. The zero-order chi connectivity index (χ0) is 11.8. The minimum absolute atomic E-state index is 0.182. The lowest BCUT2D eigenvalue weighted by Gasteiger charge is -2.03. The molecule has 6 heteroatoms. The number of hydrogen-bond acceptors (Lipinski definition) is 4. The Morgan fingerprint density at radius 2 is 2.19 bits per heavy atom. The summed E-state index contributed by atoms with van der Waals surface area (Å²) in [5.74, 6) is -1.02. The maximum Gasteiger partial charge on any atom is 0.309 e. The fourth-order valence-electron chi connectivity index (χ4n) is 1.46. The van der Waals surface area contributed by atoms with Gasteiger partial charge < -0.3 is 5.11 Å². The summed E-state index contributed by atoms with van der Waals surface area (Å²) in [4.78, 5) is 14.5. The summed E-state index contributed by atoms with van der Waals surface area (Å²) in [6.07, 6.45) is 2.47. The molecule has 16 heavy (non-hydrogen) atoms. The molecule has 0 radical (unpaired) electrons. The van der Waals surface area contributed by atoms with Gasteiger partial charge in [0, 0.05) is 6.20 Å². The zero-order valence-electron chi connectivity index (χ0n) is 8.46. The molecule has 0 aliphatic heterocycles. The fraction of sp³-hybridized carbons (Fsp3) is 0.400. The van der Waals surface area contributed by atoms with Crippen LogP contribution in [-0.2, 0) is 21.1 Å². The van der Waals surface area contributed by atoms with Crippen molar-refractivity contribution in [1.29, 1.82) is 0 Å². The molecule has 86 valence electrons. The van der Waals surface area contributed by atoms with Gasteiger partial charge in [0.1, 0.15) is 0 Å². The highest BCUT2D eigenvalue weighted by atomic mass is 32.2. The average molecular weight is 241 g/mol. The molecule has 1 aromatic heterocycles. The van der Waals surface area contributed by atoms with Crippen LogP contribution in [0.3, 0.4) is 0 Å². The van der Waals surface area contributed by atoms with Gasteiger partial charge in [-0.25, -0.2) is 8.42 Å². The first-order valence-corrected chi connectivity index (χ1v) is 6.45. The van der Waals surface area contributed by atoms with E-state index in [9.17, 15) is 13.2 Å². The Labute approximate surface area is 93.1 Å². The van der Waals surface area contributed by atoms with Crippen molar-refractivity contribution in [2.24, 2.45) is 0 Å². The molecule has 1 fully saturated rings. The van der Waals surface area contributed by atoms with Gasteiger partial charge in [-0.1, -0.05) is 0 Å². The van der Waals surface area contributed by atoms with Crippen LogP contribution >= 0.6 is 0 Å². The van der Waals surface area contributed by atoms with Crippen molar-refractivity contribution in [3.8, 4) is 0 Å². The van der Waals surface area contributed by atoms with Gasteiger partial charge in [0.2, 0.25) is 0 Å². The summed E-state index contributed by atoms with van der Waals surface area (Å²) in [6, 6.07) is 2.76. The summed E-state index contributed by atoms with van der Waals surface area (Å²) in [7, 11) is -3.26. The summed E-state index contributed by atoms with van der Waals surface area (Å²) in [5, 5.41) is 8.31. The molecule has 0 saturated heterocycles. The molecular weight excluding hydrogens is 230 g/mol. The molecule has 0 amide bonds. The molecule has 0 aromatic carbocycles. The molecular formula is C10H11NO4S. The van der Waals surface area contributed by atoms with E-state index in [0.717, 1.165) is 0 Å². The number of rotatable bonds is 4. The lowest BCUT2D eigenvalue weighted by atomic mass is 10.3. The van der Waals surface area contributed by atoms with E-state index in [1.807, 2.05) is 0 Å². The smallest absolute Gasteiger partial charge is 0.309 e. The maximum atomic E-state index is 11.9. The Morgan fingerprint density at radius 3 is 2.75 bits per heavy atom. The zero-order valence-corrected chi connectivity index (χ0v) is 9.27. The van der Waals surface area contributed by atoms with Crippen LogP contribution in [0.2, 0.25) is 0 Å². The number of sulfone groups is 1. The second-order valence-corrected chi connectivity index (χ2v) is 6.03. The lowest BCUT2D eigenvalue weighted by molar-refractivity contribution is -0.136. The van der Waals surface area contributed by atoms with Crippen molar-refractivity contribution in [3.63, 3.8) is 0 Å². The lowest BCUT2D eigenvalue weighted by Crippen LogP contribution is -2.09. The van der Waals surface area contributed by atoms with E-state index in [1.165, 1.54) is 18.3 Å². The maximum absolute atomic E-state index is 11.9. The van der Waals surface area contributed by atoms with Gasteiger partial charge in [0.15, 0.2) is 9.84 Å². The molecule has 0 atom stereocenters. The van der Waals surface area contributed by atoms with E-state index in [-0.39, 0.29) is 22.3 Å². The summed E-state index contributed by atoms with van der Waals surface area (Å²) in [5.41, 5.74) is 0.272. The first-order valence-electron chi connectivity index (χ1n) is 4.91. The third-order valence-electron chi connectivity index (χ3n) is 2.41. The molecule has 1 aliphatic rings. The summed E-state index contributed by atoms with van der Waals surface area (Å²) in [6.45, 7) is 0. The first kappa shape index (κ1) is 11.1. The Balaban J connectivity index is 2.32. The molecule has 0 unspecified atom stereocenters. The number of nitrogens with zero attached hydrogens (tertiary/aromatic N) is 1. The predicted molar refractivity (Wildman–Crippen MR) is 55.8 cm³/mol. The van der Waals surface area contributed by atoms with E-state index >= 15 is 0 Å². The minimum atomic E-state index is -3.26. The second-order valence-electron chi connectivity index (χ2n) is 3.80. The SMILES string of the molecule is O=C(O)Cc1cc(S(=O)(=O)C2CC2)ccn1. The molecule has 1 aliphatic carbocycles. The number of carboxylic acids is 1. The number of pyridine rings is 1. The molecule has 1 N–H and O–H groups in total. The largest absolute Gasteiger partial charge is 0.481 e. The van der Waals surface area contributed by atoms with Crippen LogP contribution in [0.1, 0.15) is 18.5 Å². The molecule has 0 spiro atoms. The molecule has 1 heterocycles. The molecule has 2 rings (SSSR count). The van der Waals surface area contributed by atoms with Gasteiger partial charge in [-0.05, 0) is 25.0 Å². The molecule has 1 aromatic rings. The van der Waals surface area contributed by atoms with Crippen molar-refractivity contribution < 1.29 is 18.3 Å². The van der Waals surface area contributed by atoms with Crippen molar-refractivity contribution in [3.05, 3.63) is 24.0 Å². The van der Waals surface area contributed by atoms with Gasteiger partial charge >= 0.3 is 5.97 Å². The van der Waals surface area contributed by atoms with Gasteiger partial charge in [-0.2, -0.15) is 0 Å². The van der Waals surface area contributed by atoms with Crippen LogP contribution in [0.4, 0.5) is 0 Å². The monoisotopic (exact) mass is 241 g/mol.